The van der Waals surface area contributed by atoms with Crippen LogP contribution >= 0.6 is 0 Å². The molecule has 2 aromatic rings. The van der Waals surface area contributed by atoms with E-state index in [-0.39, 0.29) is 17.2 Å². The van der Waals surface area contributed by atoms with Crippen molar-refractivity contribution >= 4 is 23.4 Å². The molecule has 1 N–H and O–H groups in total. The number of carbonyl (C=O) groups excluding carboxylic acids is 1. The number of piperidine rings is 2. The zero-order valence-corrected chi connectivity index (χ0v) is 21.3. The fraction of sp³-hybridized carbons (Fsp3) is 0.556. The Morgan fingerprint density at radius 3 is 2.34 bits per heavy atom. The predicted octanol–water partition coefficient (Wildman–Crippen LogP) is 5.37. The number of aromatic nitrogens is 2. The molecular weight excluding hydrogens is 440 g/mol. The van der Waals surface area contributed by atoms with Gasteiger partial charge in [0, 0.05) is 31.9 Å². The van der Waals surface area contributed by atoms with Crippen LogP contribution in [0.1, 0.15) is 71.1 Å². The average Bonchev–Trinajstić information content (AvgIpc) is 2.84. The number of rotatable bonds is 4. The molecule has 0 saturated carbocycles. The van der Waals surface area contributed by atoms with E-state index in [2.05, 4.69) is 40.3 Å². The highest BCUT2D eigenvalue weighted by Gasteiger charge is 2.34. The highest BCUT2D eigenvalue weighted by molar-refractivity contribution is 5.68. The van der Waals surface area contributed by atoms with Gasteiger partial charge in [0.05, 0.1) is 6.20 Å². The predicted molar refractivity (Wildman–Crippen MR) is 137 cm³/mol. The molecule has 2 saturated heterocycles. The van der Waals surface area contributed by atoms with Crippen LogP contribution in [-0.2, 0) is 10.2 Å². The lowest BCUT2D eigenvalue weighted by molar-refractivity contribution is 0.0172. The first-order chi connectivity index (χ1) is 16.7. The van der Waals surface area contributed by atoms with E-state index in [1.54, 1.807) is 11.1 Å². The number of benzene rings is 1. The van der Waals surface area contributed by atoms with Crippen molar-refractivity contribution in [2.45, 2.75) is 70.8 Å². The van der Waals surface area contributed by atoms with Gasteiger partial charge in [0.15, 0.2) is 11.5 Å². The molecule has 2 aliphatic heterocycles. The molecule has 1 amide bonds. The molecule has 1 aromatic heterocycles. The Hall–Kier alpha value is -3.34. The van der Waals surface area contributed by atoms with Gasteiger partial charge in [-0.05, 0) is 76.0 Å². The number of nitrogens with one attached hydrogen (secondary N) is 1. The Balaban J connectivity index is 1.42. The first-order valence-electron chi connectivity index (χ1n) is 12.5. The Kier molecular flexibility index (Phi) is 7.15. The molecule has 35 heavy (non-hydrogen) atoms. The third-order valence-corrected chi connectivity index (χ3v) is 6.91. The third-order valence-electron chi connectivity index (χ3n) is 6.91. The largest absolute Gasteiger partial charge is 0.444 e. The minimum absolute atomic E-state index is 0.0111. The van der Waals surface area contributed by atoms with E-state index in [1.807, 2.05) is 32.9 Å². The van der Waals surface area contributed by atoms with E-state index in [9.17, 15) is 10.1 Å². The Labute approximate surface area is 208 Å². The van der Waals surface area contributed by atoms with Crippen LogP contribution in [0, 0.1) is 11.3 Å². The van der Waals surface area contributed by atoms with Crippen molar-refractivity contribution in [3.63, 3.8) is 0 Å². The molecule has 0 radical (unpaired) electrons. The molecule has 4 rings (SSSR count). The SMILES string of the molecule is CC(C)(C)OC(=O)N1CCC(C)(c2ccc(Nc3nc(N4CCCCC4)cnc3C#N)cc2)CC1. The number of carbonyl (C=O) groups is 1. The summed E-state index contributed by atoms with van der Waals surface area (Å²) in [6, 6.07) is 10.4. The maximum Gasteiger partial charge on any atom is 0.410 e. The number of hydrogen-bond donors (Lipinski definition) is 1. The Morgan fingerprint density at radius 2 is 1.74 bits per heavy atom. The number of amides is 1. The van der Waals surface area contributed by atoms with Gasteiger partial charge in [0.2, 0.25) is 0 Å². The van der Waals surface area contributed by atoms with Crippen LogP contribution in [0.15, 0.2) is 30.5 Å². The van der Waals surface area contributed by atoms with Gasteiger partial charge in [-0.3, -0.25) is 0 Å². The van der Waals surface area contributed by atoms with Crippen molar-refractivity contribution in [1.82, 2.24) is 14.9 Å². The van der Waals surface area contributed by atoms with Gasteiger partial charge in [0.25, 0.3) is 0 Å². The monoisotopic (exact) mass is 476 g/mol. The van der Waals surface area contributed by atoms with Crippen molar-refractivity contribution in [2.75, 3.05) is 36.4 Å². The average molecular weight is 477 g/mol. The van der Waals surface area contributed by atoms with E-state index in [1.165, 1.54) is 12.0 Å². The first-order valence-corrected chi connectivity index (χ1v) is 12.5. The molecule has 186 valence electrons. The van der Waals surface area contributed by atoms with Gasteiger partial charge in [-0.15, -0.1) is 0 Å². The smallest absolute Gasteiger partial charge is 0.410 e. The van der Waals surface area contributed by atoms with E-state index < -0.39 is 5.60 Å². The lowest BCUT2D eigenvalue weighted by atomic mass is 9.74. The van der Waals surface area contributed by atoms with Crippen LogP contribution < -0.4 is 10.2 Å². The summed E-state index contributed by atoms with van der Waals surface area (Å²) >= 11 is 0. The number of anilines is 3. The molecule has 0 atom stereocenters. The van der Waals surface area contributed by atoms with Crippen LogP contribution in [0.4, 0.5) is 22.1 Å². The second-order valence-electron chi connectivity index (χ2n) is 10.8. The second kappa shape index (κ2) is 10.1. The lowest BCUT2D eigenvalue weighted by Gasteiger charge is -2.40. The normalized spacial score (nSPS) is 18.0. The van der Waals surface area contributed by atoms with Crippen LogP contribution in [-0.4, -0.2) is 52.7 Å². The van der Waals surface area contributed by atoms with Crippen LogP contribution in [0.25, 0.3) is 0 Å². The van der Waals surface area contributed by atoms with Gasteiger partial charge in [0.1, 0.15) is 17.5 Å². The van der Waals surface area contributed by atoms with Gasteiger partial charge in [-0.25, -0.2) is 14.8 Å². The van der Waals surface area contributed by atoms with Crippen molar-refractivity contribution in [3.05, 3.63) is 41.7 Å². The molecule has 2 fully saturated rings. The van der Waals surface area contributed by atoms with E-state index in [0.29, 0.717) is 18.9 Å². The molecule has 0 bridgehead atoms. The lowest BCUT2D eigenvalue weighted by Crippen LogP contribution is -2.45. The molecule has 8 nitrogen and oxygen atoms in total. The summed E-state index contributed by atoms with van der Waals surface area (Å²) in [5, 5.41) is 12.8. The molecule has 0 unspecified atom stereocenters. The highest BCUT2D eigenvalue weighted by atomic mass is 16.6. The summed E-state index contributed by atoms with van der Waals surface area (Å²) in [4.78, 5) is 25.5. The third kappa shape index (κ3) is 6.02. The zero-order chi connectivity index (χ0) is 25.1. The molecule has 3 heterocycles. The van der Waals surface area contributed by atoms with Crippen molar-refractivity contribution in [3.8, 4) is 6.07 Å². The fourth-order valence-electron chi connectivity index (χ4n) is 4.71. The topological polar surface area (TPSA) is 94.4 Å². The molecule has 0 spiro atoms. The van der Waals surface area contributed by atoms with E-state index in [0.717, 1.165) is 50.3 Å². The van der Waals surface area contributed by atoms with Crippen LogP contribution in [0.2, 0.25) is 0 Å². The first kappa shape index (κ1) is 24.8. The number of nitrogens with zero attached hydrogens (tertiary/aromatic N) is 5. The summed E-state index contributed by atoms with van der Waals surface area (Å²) in [6.07, 6.45) is 6.76. The summed E-state index contributed by atoms with van der Waals surface area (Å²) in [5.74, 6) is 1.30. The van der Waals surface area contributed by atoms with Gasteiger partial charge < -0.3 is 19.9 Å². The standard InChI is InChI=1S/C27H36N6O2/c1-26(2,3)35-25(34)33-16-12-27(4,13-17-33)20-8-10-21(11-9-20)30-24-22(18-28)29-19-23(31-24)32-14-6-5-7-15-32/h8-11,19H,5-7,12-17H2,1-4H3,(H,30,31). The zero-order valence-electron chi connectivity index (χ0n) is 21.3. The van der Waals surface area contributed by atoms with Gasteiger partial charge in [-0.1, -0.05) is 19.1 Å². The van der Waals surface area contributed by atoms with E-state index >= 15 is 0 Å². The quantitative estimate of drug-likeness (QED) is 0.634. The molecule has 8 heteroatoms. The summed E-state index contributed by atoms with van der Waals surface area (Å²) in [7, 11) is 0. The fourth-order valence-corrected chi connectivity index (χ4v) is 4.71. The highest BCUT2D eigenvalue weighted by Crippen LogP contribution is 2.36. The van der Waals surface area contributed by atoms with Crippen molar-refractivity contribution in [2.24, 2.45) is 0 Å². The van der Waals surface area contributed by atoms with Crippen LogP contribution in [0.3, 0.4) is 0 Å². The number of nitriles is 1. The molecule has 1 aromatic carbocycles. The van der Waals surface area contributed by atoms with E-state index in [4.69, 9.17) is 9.72 Å². The van der Waals surface area contributed by atoms with Crippen molar-refractivity contribution in [1.29, 1.82) is 5.26 Å². The summed E-state index contributed by atoms with van der Waals surface area (Å²) in [5.41, 5.74) is 1.90. The number of hydrogen-bond acceptors (Lipinski definition) is 7. The maximum atomic E-state index is 12.4. The Bertz CT molecular complexity index is 1070. The maximum absolute atomic E-state index is 12.4. The minimum atomic E-state index is -0.482. The van der Waals surface area contributed by atoms with Gasteiger partial charge >= 0.3 is 6.09 Å². The Morgan fingerprint density at radius 1 is 1.09 bits per heavy atom. The number of ether oxygens (including phenoxy) is 1. The van der Waals surface area contributed by atoms with Crippen molar-refractivity contribution < 1.29 is 9.53 Å². The molecule has 0 aliphatic carbocycles. The second-order valence-corrected chi connectivity index (χ2v) is 10.8. The summed E-state index contributed by atoms with van der Waals surface area (Å²) < 4.78 is 5.53. The van der Waals surface area contributed by atoms with Gasteiger partial charge in [-0.2, -0.15) is 5.26 Å². The molecular formula is C27H36N6O2. The van der Waals surface area contributed by atoms with Crippen LogP contribution in [0.5, 0.6) is 0 Å². The number of likely N-dealkylation sites (tertiary alicyclic amines) is 1. The summed E-state index contributed by atoms with van der Waals surface area (Å²) in [6.45, 7) is 11.2. The minimum Gasteiger partial charge on any atom is -0.444 e. The molecule has 2 aliphatic rings.